The van der Waals surface area contributed by atoms with E-state index in [9.17, 15) is 0 Å². The number of aryl methyl sites for hydroxylation is 1. The summed E-state index contributed by atoms with van der Waals surface area (Å²) in [4.78, 5) is 0. The predicted octanol–water partition coefficient (Wildman–Crippen LogP) is 2.63. The molecule has 68 valence electrons. The molecule has 0 aliphatic rings. The van der Waals surface area contributed by atoms with Gasteiger partial charge in [0.05, 0.1) is 0 Å². The zero-order valence-corrected chi connectivity index (χ0v) is 7.83. The quantitative estimate of drug-likeness (QED) is 0.745. The highest BCUT2D eigenvalue weighted by atomic mass is 15.0. The number of anilines is 1. The monoisotopic (exact) mass is 174 g/mol. The lowest BCUT2D eigenvalue weighted by Crippen LogP contribution is -2.00. The molecule has 2 N–H and O–H groups in total. The third-order valence-corrected chi connectivity index (χ3v) is 2.29. The molecule has 2 aromatic rings. The van der Waals surface area contributed by atoms with E-state index in [2.05, 4.69) is 23.6 Å². The second-order valence-corrected chi connectivity index (χ2v) is 3.28. The van der Waals surface area contributed by atoms with Crippen molar-refractivity contribution in [1.82, 2.24) is 4.57 Å². The highest BCUT2D eigenvalue weighted by Gasteiger charge is 2.03. The predicted molar refractivity (Wildman–Crippen MR) is 56.6 cm³/mol. The van der Waals surface area contributed by atoms with E-state index in [0.29, 0.717) is 0 Å². The highest BCUT2D eigenvalue weighted by molar-refractivity contribution is 5.84. The van der Waals surface area contributed by atoms with Gasteiger partial charge in [-0.3, -0.25) is 0 Å². The first-order valence-corrected chi connectivity index (χ1v) is 4.66. The number of fused-ring (bicyclic) bond motifs is 1. The molecule has 0 atom stereocenters. The Bertz CT molecular complexity index is 415. The summed E-state index contributed by atoms with van der Waals surface area (Å²) in [6.07, 6.45) is 1.11. The number of benzene rings is 1. The van der Waals surface area contributed by atoms with Crippen LogP contribution in [0.3, 0.4) is 0 Å². The van der Waals surface area contributed by atoms with E-state index in [0.717, 1.165) is 18.8 Å². The summed E-state index contributed by atoms with van der Waals surface area (Å²) in [5.41, 5.74) is 7.14. The second-order valence-electron chi connectivity index (χ2n) is 3.28. The van der Waals surface area contributed by atoms with Crippen LogP contribution in [0.2, 0.25) is 0 Å². The third-order valence-electron chi connectivity index (χ3n) is 2.29. The maximum absolute atomic E-state index is 5.90. The highest BCUT2D eigenvalue weighted by Crippen LogP contribution is 2.21. The van der Waals surface area contributed by atoms with Gasteiger partial charge in [0.1, 0.15) is 5.82 Å². The summed E-state index contributed by atoms with van der Waals surface area (Å²) in [5, 5.41) is 1.23. The largest absolute Gasteiger partial charge is 0.385 e. The van der Waals surface area contributed by atoms with Gasteiger partial charge in [-0.1, -0.05) is 25.1 Å². The zero-order valence-electron chi connectivity index (χ0n) is 7.83. The summed E-state index contributed by atoms with van der Waals surface area (Å²) in [5.74, 6) is 0.864. The number of para-hydroxylation sites is 1. The lowest BCUT2D eigenvalue weighted by Gasteiger charge is -2.04. The number of nitrogen functional groups attached to an aromatic ring is 1. The van der Waals surface area contributed by atoms with Crippen LogP contribution in [0.4, 0.5) is 5.82 Å². The van der Waals surface area contributed by atoms with Crippen molar-refractivity contribution in [3.63, 3.8) is 0 Å². The van der Waals surface area contributed by atoms with Crippen LogP contribution in [0, 0.1) is 0 Å². The van der Waals surface area contributed by atoms with E-state index in [1.807, 2.05) is 18.2 Å². The molecule has 0 saturated heterocycles. The topological polar surface area (TPSA) is 30.9 Å². The van der Waals surface area contributed by atoms with Crippen molar-refractivity contribution in [2.75, 3.05) is 5.73 Å². The minimum Gasteiger partial charge on any atom is -0.385 e. The lowest BCUT2D eigenvalue weighted by atomic mass is 10.2. The fraction of sp³-hybridized carbons (Fsp3) is 0.273. The molecule has 13 heavy (non-hydrogen) atoms. The van der Waals surface area contributed by atoms with Crippen LogP contribution in [0.15, 0.2) is 30.3 Å². The number of nitrogens with zero attached hydrogens (tertiary/aromatic N) is 1. The Morgan fingerprint density at radius 1 is 1.31 bits per heavy atom. The molecule has 0 spiro atoms. The molecule has 0 unspecified atom stereocenters. The van der Waals surface area contributed by atoms with Gasteiger partial charge in [0.15, 0.2) is 0 Å². The van der Waals surface area contributed by atoms with E-state index in [1.165, 1.54) is 10.9 Å². The zero-order chi connectivity index (χ0) is 9.26. The Morgan fingerprint density at radius 3 is 2.85 bits per heavy atom. The van der Waals surface area contributed by atoms with Crippen molar-refractivity contribution in [3.8, 4) is 0 Å². The number of hydrogen-bond acceptors (Lipinski definition) is 1. The SMILES string of the molecule is CCCn1c(N)cc2ccccc21. The minimum absolute atomic E-state index is 0.864. The molecule has 0 fully saturated rings. The molecule has 0 saturated carbocycles. The first-order valence-electron chi connectivity index (χ1n) is 4.66. The average Bonchev–Trinajstić information content (AvgIpc) is 2.44. The molecule has 2 heteroatoms. The van der Waals surface area contributed by atoms with Crippen molar-refractivity contribution in [3.05, 3.63) is 30.3 Å². The Balaban J connectivity index is 2.64. The van der Waals surface area contributed by atoms with E-state index < -0.39 is 0 Å². The number of nitrogens with two attached hydrogens (primary N) is 1. The minimum atomic E-state index is 0.864. The van der Waals surface area contributed by atoms with Gasteiger partial charge in [-0.2, -0.15) is 0 Å². The van der Waals surface area contributed by atoms with Crippen molar-refractivity contribution in [2.24, 2.45) is 0 Å². The Hall–Kier alpha value is -1.44. The Labute approximate surface area is 78.0 Å². The number of hydrogen-bond donors (Lipinski definition) is 1. The van der Waals surface area contributed by atoms with Crippen molar-refractivity contribution in [1.29, 1.82) is 0 Å². The Morgan fingerprint density at radius 2 is 2.08 bits per heavy atom. The summed E-state index contributed by atoms with van der Waals surface area (Å²) in [7, 11) is 0. The smallest absolute Gasteiger partial charge is 0.104 e. The lowest BCUT2D eigenvalue weighted by molar-refractivity contribution is 0.712. The van der Waals surface area contributed by atoms with Crippen LogP contribution in [-0.2, 0) is 6.54 Å². The van der Waals surface area contributed by atoms with Gasteiger partial charge in [0.25, 0.3) is 0 Å². The summed E-state index contributed by atoms with van der Waals surface area (Å²) >= 11 is 0. The molecule has 0 aliphatic heterocycles. The van der Waals surface area contributed by atoms with Gasteiger partial charge in [0.2, 0.25) is 0 Å². The van der Waals surface area contributed by atoms with E-state index in [-0.39, 0.29) is 0 Å². The molecular formula is C11H14N2. The third kappa shape index (κ3) is 1.28. The molecule has 1 aromatic heterocycles. The number of aromatic nitrogens is 1. The van der Waals surface area contributed by atoms with Gasteiger partial charge in [0, 0.05) is 17.4 Å². The van der Waals surface area contributed by atoms with Crippen molar-refractivity contribution >= 4 is 16.7 Å². The van der Waals surface area contributed by atoms with Gasteiger partial charge in [-0.25, -0.2) is 0 Å². The van der Waals surface area contributed by atoms with E-state index in [4.69, 9.17) is 5.73 Å². The summed E-state index contributed by atoms with van der Waals surface area (Å²) < 4.78 is 2.16. The van der Waals surface area contributed by atoms with Gasteiger partial charge >= 0.3 is 0 Å². The van der Waals surface area contributed by atoms with Crippen LogP contribution in [0.5, 0.6) is 0 Å². The molecule has 1 heterocycles. The van der Waals surface area contributed by atoms with Crippen LogP contribution in [-0.4, -0.2) is 4.57 Å². The normalized spacial score (nSPS) is 10.8. The molecule has 0 aliphatic carbocycles. The first-order chi connectivity index (χ1) is 6.33. The molecule has 0 amide bonds. The molecule has 0 radical (unpaired) electrons. The van der Waals surface area contributed by atoms with Crippen LogP contribution < -0.4 is 5.73 Å². The summed E-state index contributed by atoms with van der Waals surface area (Å²) in [6.45, 7) is 3.16. The molecular weight excluding hydrogens is 160 g/mol. The summed E-state index contributed by atoms with van der Waals surface area (Å²) in [6, 6.07) is 10.3. The fourth-order valence-electron chi connectivity index (χ4n) is 1.70. The van der Waals surface area contributed by atoms with Crippen LogP contribution >= 0.6 is 0 Å². The maximum Gasteiger partial charge on any atom is 0.104 e. The molecule has 1 aromatic carbocycles. The van der Waals surface area contributed by atoms with Crippen molar-refractivity contribution in [2.45, 2.75) is 19.9 Å². The second kappa shape index (κ2) is 3.13. The van der Waals surface area contributed by atoms with Crippen LogP contribution in [0.1, 0.15) is 13.3 Å². The average molecular weight is 174 g/mol. The standard InChI is InChI=1S/C11H14N2/c1-2-7-13-10-6-4-3-5-9(10)8-11(13)12/h3-6,8H,2,7,12H2,1H3. The first kappa shape index (κ1) is 8.17. The molecule has 2 rings (SSSR count). The molecule has 0 bridgehead atoms. The van der Waals surface area contributed by atoms with Crippen molar-refractivity contribution < 1.29 is 0 Å². The Kier molecular flexibility index (Phi) is 1.97. The van der Waals surface area contributed by atoms with Crippen LogP contribution in [0.25, 0.3) is 10.9 Å². The van der Waals surface area contributed by atoms with Gasteiger partial charge in [-0.15, -0.1) is 0 Å². The molecule has 2 nitrogen and oxygen atoms in total. The van der Waals surface area contributed by atoms with Gasteiger partial charge in [-0.05, 0) is 18.6 Å². The number of rotatable bonds is 2. The fourth-order valence-corrected chi connectivity index (χ4v) is 1.70. The van der Waals surface area contributed by atoms with E-state index >= 15 is 0 Å². The maximum atomic E-state index is 5.90. The van der Waals surface area contributed by atoms with Gasteiger partial charge < -0.3 is 10.3 Å². The van der Waals surface area contributed by atoms with E-state index in [1.54, 1.807) is 0 Å².